The van der Waals surface area contributed by atoms with Crippen molar-refractivity contribution in [1.29, 1.82) is 0 Å². The Morgan fingerprint density at radius 2 is 0.906 bits per heavy atom. The number of benzene rings is 3. The van der Waals surface area contributed by atoms with Gasteiger partial charge in [0.1, 0.15) is 0 Å². The number of hydrogen-bond acceptors (Lipinski definition) is 0. The first kappa shape index (κ1) is 21.1. The summed E-state index contributed by atoms with van der Waals surface area (Å²) in [5.41, 5.74) is 5.55. The molecule has 2 aromatic heterocycles. The molecule has 0 aliphatic rings. The van der Waals surface area contributed by atoms with Crippen molar-refractivity contribution in [1.82, 2.24) is 9.13 Å². The minimum absolute atomic E-state index is 1.10. The quantitative estimate of drug-likeness (QED) is 0.198. The molecule has 2 heteroatoms. The number of aryl methyl sites for hydroxylation is 2. The van der Waals surface area contributed by atoms with Crippen molar-refractivity contribution < 1.29 is 0 Å². The van der Waals surface area contributed by atoms with Gasteiger partial charge in [0.25, 0.3) is 0 Å². The van der Waals surface area contributed by atoms with E-state index in [0.717, 1.165) is 13.1 Å². The van der Waals surface area contributed by atoms with Gasteiger partial charge in [0.15, 0.2) is 0 Å². The van der Waals surface area contributed by atoms with Gasteiger partial charge in [-0.05, 0) is 37.1 Å². The number of hydrogen-bond donors (Lipinski definition) is 0. The summed E-state index contributed by atoms with van der Waals surface area (Å²) in [6.45, 7) is 6.78. The monoisotopic (exact) mass is 424 g/mol. The lowest BCUT2D eigenvalue weighted by Gasteiger charge is -2.09. The molecule has 0 amide bonds. The van der Waals surface area contributed by atoms with Gasteiger partial charge >= 0.3 is 0 Å². The van der Waals surface area contributed by atoms with Crippen LogP contribution in [0.4, 0.5) is 0 Å². The van der Waals surface area contributed by atoms with Crippen LogP contribution in [-0.4, -0.2) is 9.13 Å². The molecular weight excluding hydrogens is 388 g/mol. The van der Waals surface area contributed by atoms with Crippen molar-refractivity contribution in [3.8, 4) is 0 Å². The first-order valence-corrected chi connectivity index (χ1v) is 12.8. The number of rotatable bonds is 10. The summed E-state index contributed by atoms with van der Waals surface area (Å²) in [6.07, 6.45) is 10.3. The summed E-state index contributed by atoms with van der Waals surface area (Å²) < 4.78 is 5.15. The Morgan fingerprint density at radius 3 is 1.34 bits per heavy atom. The lowest BCUT2D eigenvalue weighted by Crippen LogP contribution is -1.98. The third kappa shape index (κ3) is 3.70. The van der Waals surface area contributed by atoms with E-state index in [9.17, 15) is 0 Å². The van der Waals surface area contributed by atoms with Crippen molar-refractivity contribution in [3.05, 3.63) is 60.7 Å². The summed E-state index contributed by atoms with van der Waals surface area (Å²) in [5, 5.41) is 5.59. The van der Waals surface area contributed by atoms with Crippen molar-refractivity contribution in [3.63, 3.8) is 0 Å². The van der Waals surface area contributed by atoms with Gasteiger partial charge < -0.3 is 9.13 Å². The maximum atomic E-state index is 2.58. The van der Waals surface area contributed by atoms with E-state index < -0.39 is 0 Å². The minimum Gasteiger partial charge on any atom is -0.340 e. The van der Waals surface area contributed by atoms with E-state index in [-0.39, 0.29) is 0 Å². The van der Waals surface area contributed by atoms with Crippen LogP contribution in [0.5, 0.6) is 0 Å². The molecule has 0 bridgehead atoms. The van der Waals surface area contributed by atoms with E-state index in [1.165, 1.54) is 95.0 Å². The van der Waals surface area contributed by atoms with Crippen molar-refractivity contribution in [2.24, 2.45) is 0 Å². The van der Waals surface area contributed by atoms with Gasteiger partial charge in [-0.3, -0.25) is 0 Å². The molecule has 0 spiro atoms. The average Bonchev–Trinajstić information content (AvgIpc) is 3.31. The molecule has 0 saturated heterocycles. The van der Waals surface area contributed by atoms with Crippen LogP contribution in [0.3, 0.4) is 0 Å². The third-order valence-corrected chi connectivity index (χ3v) is 7.14. The van der Waals surface area contributed by atoms with Crippen molar-refractivity contribution in [2.45, 2.75) is 78.3 Å². The molecule has 0 unspecified atom stereocenters. The Labute approximate surface area is 191 Å². The predicted molar refractivity (Wildman–Crippen MR) is 141 cm³/mol. The SMILES string of the molecule is CCCCCCn1c2ccccc2c2cc3c(cc21)c1ccccc1n3CCCCCC. The van der Waals surface area contributed by atoms with E-state index in [1.807, 2.05) is 0 Å². The molecule has 2 nitrogen and oxygen atoms in total. The van der Waals surface area contributed by atoms with E-state index in [2.05, 4.69) is 83.6 Å². The zero-order chi connectivity index (χ0) is 21.9. The predicted octanol–water partition coefficient (Wildman–Crippen LogP) is 9.06. The van der Waals surface area contributed by atoms with Crippen LogP contribution >= 0.6 is 0 Å². The van der Waals surface area contributed by atoms with Crippen LogP contribution in [0.15, 0.2) is 60.7 Å². The molecule has 0 aliphatic heterocycles. The Kier molecular flexibility index (Phi) is 6.21. The second kappa shape index (κ2) is 9.40. The normalized spacial score (nSPS) is 12.1. The highest BCUT2D eigenvalue weighted by molar-refractivity contribution is 6.17. The number of para-hydroxylation sites is 2. The van der Waals surface area contributed by atoms with Crippen LogP contribution < -0.4 is 0 Å². The highest BCUT2D eigenvalue weighted by Gasteiger charge is 2.16. The fraction of sp³-hybridized carbons (Fsp3) is 0.400. The first-order chi connectivity index (χ1) is 15.8. The summed E-state index contributed by atoms with van der Waals surface area (Å²) in [4.78, 5) is 0. The molecule has 2 heterocycles. The van der Waals surface area contributed by atoms with E-state index in [4.69, 9.17) is 0 Å². The van der Waals surface area contributed by atoms with Gasteiger partial charge in [-0.15, -0.1) is 0 Å². The maximum Gasteiger partial charge on any atom is 0.0499 e. The molecule has 5 aromatic rings. The Hall–Kier alpha value is -2.74. The molecular formula is C30H36N2. The van der Waals surface area contributed by atoms with E-state index in [1.54, 1.807) is 0 Å². The van der Waals surface area contributed by atoms with E-state index >= 15 is 0 Å². The highest BCUT2D eigenvalue weighted by atomic mass is 15.0. The fourth-order valence-corrected chi connectivity index (χ4v) is 5.46. The van der Waals surface area contributed by atoms with Gasteiger partial charge in [-0.1, -0.05) is 88.8 Å². The van der Waals surface area contributed by atoms with Crippen LogP contribution in [0.2, 0.25) is 0 Å². The third-order valence-electron chi connectivity index (χ3n) is 7.14. The van der Waals surface area contributed by atoms with Gasteiger partial charge in [0.2, 0.25) is 0 Å². The molecule has 5 rings (SSSR count). The zero-order valence-corrected chi connectivity index (χ0v) is 19.7. The minimum atomic E-state index is 1.10. The Morgan fingerprint density at radius 1 is 0.469 bits per heavy atom. The van der Waals surface area contributed by atoms with Crippen LogP contribution in [0, 0.1) is 0 Å². The summed E-state index contributed by atoms with van der Waals surface area (Å²) in [5.74, 6) is 0. The van der Waals surface area contributed by atoms with Crippen LogP contribution in [0.25, 0.3) is 43.6 Å². The van der Waals surface area contributed by atoms with Crippen molar-refractivity contribution in [2.75, 3.05) is 0 Å². The fourth-order valence-electron chi connectivity index (χ4n) is 5.46. The molecule has 166 valence electrons. The number of unbranched alkanes of at least 4 members (excludes halogenated alkanes) is 6. The van der Waals surface area contributed by atoms with Crippen LogP contribution in [0.1, 0.15) is 65.2 Å². The van der Waals surface area contributed by atoms with Crippen molar-refractivity contribution >= 4 is 43.6 Å². The maximum absolute atomic E-state index is 2.58. The summed E-state index contributed by atoms with van der Waals surface area (Å²) in [7, 11) is 0. The largest absolute Gasteiger partial charge is 0.340 e. The molecule has 3 aromatic carbocycles. The Bertz CT molecular complexity index is 1250. The molecule has 0 saturated carbocycles. The lowest BCUT2D eigenvalue weighted by molar-refractivity contribution is 0.601. The van der Waals surface area contributed by atoms with Gasteiger partial charge in [0.05, 0.1) is 0 Å². The molecule has 0 fully saturated rings. The van der Waals surface area contributed by atoms with Gasteiger partial charge in [0, 0.05) is 56.7 Å². The molecule has 0 aliphatic carbocycles. The topological polar surface area (TPSA) is 9.86 Å². The van der Waals surface area contributed by atoms with Gasteiger partial charge in [-0.2, -0.15) is 0 Å². The molecule has 32 heavy (non-hydrogen) atoms. The molecule has 0 atom stereocenters. The summed E-state index contributed by atoms with van der Waals surface area (Å²) >= 11 is 0. The highest BCUT2D eigenvalue weighted by Crippen LogP contribution is 2.37. The standard InChI is InChI=1S/C30H36N2/c1-3-5-7-13-19-31-27-17-11-9-15-23(27)25-22-30-26(21-29(25)31)24-16-10-12-18-28(24)32(30)20-14-8-6-4-2/h9-12,15-18,21-22H,3-8,13-14,19-20H2,1-2H3. The molecule has 0 N–H and O–H groups in total. The number of fused-ring (bicyclic) bond motifs is 6. The Balaban J connectivity index is 1.69. The second-order valence-electron chi connectivity index (χ2n) is 9.35. The van der Waals surface area contributed by atoms with E-state index in [0.29, 0.717) is 0 Å². The number of aromatic nitrogens is 2. The van der Waals surface area contributed by atoms with Crippen LogP contribution in [-0.2, 0) is 13.1 Å². The zero-order valence-electron chi connectivity index (χ0n) is 19.7. The lowest BCUT2D eigenvalue weighted by atomic mass is 10.1. The summed E-state index contributed by atoms with van der Waals surface area (Å²) in [6, 6.07) is 22.9. The average molecular weight is 425 g/mol. The second-order valence-corrected chi connectivity index (χ2v) is 9.35. The number of nitrogens with zero attached hydrogens (tertiary/aromatic N) is 2. The van der Waals surface area contributed by atoms with Gasteiger partial charge in [-0.25, -0.2) is 0 Å². The first-order valence-electron chi connectivity index (χ1n) is 12.8. The smallest absolute Gasteiger partial charge is 0.0499 e. The molecule has 0 radical (unpaired) electrons.